The lowest BCUT2D eigenvalue weighted by molar-refractivity contribution is -0.145. The molecule has 0 atom stereocenters. The molecular formula is C7H10O2S. The number of hydrogen-bond donors (Lipinski definition) is 0. The maximum absolute atomic E-state index is 10.8. The van der Waals surface area contributed by atoms with E-state index < -0.39 is 0 Å². The molecule has 2 nitrogen and oxygen atoms in total. The second-order valence-corrected chi connectivity index (χ2v) is 4.20. The largest absolute Gasteiger partial charge is 0.447 e. The van der Waals surface area contributed by atoms with E-state index in [-0.39, 0.29) is 10.9 Å². The van der Waals surface area contributed by atoms with Gasteiger partial charge in [-0.15, -0.1) is 11.8 Å². The first-order chi connectivity index (χ1) is 4.81. The number of carbonyl (C=O) groups is 1. The Morgan fingerprint density at radius 1 is 1.40 bits per heavy atom. The van der Waals surface area contributed by atoms with Gasteiger partial charge in [0.15, 0.2) is 4.93 Å². The molecule has 1 saturated heterocycles. The summed E-state index contributed by atoms with van der Waals surface area (Å²) in [7, 11) is 0. The lowest BCUT2D eigenvalue weighted by Crippen LogP contribution is -2.19. The van der Waals surface area contributed by atoms with E-state index in [9.17, 15) is 4.79 Å². The van der Waals surface area contributed by atoms with E-state index in [2.05, 4.69) is 0 Å². The van der Waals surface area contributed by atoms with Gasteiger partial charge < -0.3 is 4.74 Å². The molecule has 2 aliphatic rings. The molecule has 0 radical (unpaired) electrons. The molecule has 10 heavy (non-hydrogen) atoms. The molecular weight excluding hydrogens is 148 g/mol. The van der Waals surface area contributed by atoms with Crippen molar-refractivity contribution in [1.82, 2.24) is 0 Å². The molecule has 0 N–H and O–H groups in total. The van der Waals surface area contributed by atoms with E-state index in [0.29, 0.717) is 5.75 Å². The second-order valence-electron chi connectivity index (χ2n) is 2.88. The zero-order chi connectivity index (χ0) is 7.03. The minimum absolute atomic E-state index is 0.0214. The maximum Gasteiger partial charge on any atom is 0.317 e. The quantitative estimate of drug-likeness (QED) is 0.500. The molecule has 1 aliphatic carbocycles. The maximum atomic E-state index is 10.8. The van der Waals surface area contributed by atoms with E-state index in [1.807, 2.05) is 0 Å². The van der Waals surface area contributed by atoms with E-state index in [1.54, 1.807) is 11.8 Å². The van der Waals surface area contributed by atoms with E-state index in [0.717, 1.165) is 12.8 Å². The Morgan fingerprint density at radius 3 is 2.60 bits per heavy atom. The molecule has 2 rings (SSSR count). The van der Waals surface area contributed by atoms with Crippen molar-refractivity contribution in [2.45, 2.75) is 30.6 Å². The lowest BCUT2D eigenvalue weighted by Gasteiger charge is -2.18. The molecule has 0 aromatic heterocycles. The van der Waals surface area contributed by atoms with Gasteiger partial charge in [0.05, 0.1) is 5.75 Å². The van der Waals surface area contributed by atoms with Gasteiger partial charge in [0, 0.05) is 0 Å². The molecule has 3 heteroatoms. The van der Waals surface area contributed by atoms with Gasteiger partial charge in [0.2, 0.25) is 0 Å². The van der Waals surface area contributed by atoms with Gasteiger partial charge in [-0.25, -0.2) is 0 Å². The van der Waals surface area contributed by atoms with Gasteiger partial charge in [-0.05, 0) is 25.7 Å². The SMILES string of the molecule is O=C1CSC2(CCCC2)O1. The van der Waals surface area contributed by atoms with E-state index in [4.69, 9.17) is 4.74 Å². The van der Waals surface area contributed by atoms with Gasteiger partial charge >= 0.3 is 5.97 Å². The molecule has 1 aliphatic heterocycles. The molecule has 0 aromatic rings. The molecule has 2 fully saturated rings. The number of ether oxygens (including phenoxy) is 1. The van der Waals surface area contributed by atoms with Crippen LogP contribution in [0.25, 0.3) is 0 Å². The summed E-state index contributed by atoms with van der Waals surface area (Å²) < 4.78 is 5.23. The Hall–Kier alpha value is -0.180. The lowest BCUT2D eigenvalue weighted by atomic mass is 10.3. The van der Waals surface area contributed by atoms with E-state index >= 15 is 0 Å². The highest BCUT2D eigenvalue weighted by Gasteiger charge is 2.43. The van der Waals surface area contributed by atoms with Crippen LogP contribution in [0.3, 0.4) is 0 Å². The first kappa shape index (κ1) is 6.53. The topological polar surface area (TPSA) is 26.3 Å². The molecule has 0 unspecified atom stereocenters. The Kier molecular flexibility index (Phi) is 1.41. The van der Waals surface area contributed by atoms with Crippen LogP contribution in [0.15, 0.2) is 0 Å². The summed E-state index contributed by atoms with van der Waals surface area (Å²) in [4.78, 5) is 10.7. The Bertz CT molecular complexity index is 161. The molecule has 56 valence electrons. The number of esters is 1. The normalized spacial score (nSPS) is 29.4. The predicted octanol–water partition coefficient (Wildman–Crippen LogP) is 1.55. The molecule has 0 amide bonds. The van der Waals surface area contributed by atoms with Gasteiger partial charge in [-0.3, -0.25) is 4.79 Å². The number of rotatable bonds is 0. The first-order valence-corrected chi connectivity index (χ1v) is 4.65. The van der Waals surface area contributed by atoms with Crippen molar-refractivity contribution in [3.05, 3.63) is 0 Å². The smallest absolute Gasteiger partial charge is 0.317 e. The van der Waals surface area contributed by atoms with Crippen LogP contribution >= 0.6 is 11.8 Å². The number of carbonyl (C=O) groups excluding carboxylic acids is 1. The van der Waals surface area contributed by atoms with Crippen molar-refractivity contribution in [2.75, 3.05) is 5.75 Å². The van der Waals surface area contributed by atoms with Crippen LogP contribution in [0.2, 0.25) is 0 Å². The van der Waals surface area contributed by atoms with Crippen molar-refractivity contribution in [1.29, 1.82) is 0 Å². The average molecular weight is 158 g/mol. The fourth-order valence-corrected chi connectivity index (χ4v) is 2.79. The second kappa shape index (κ2) is 2.16. The third-order valence-electron chi connectivity index (χ3n) is 2.12. The third-order valence-corrected chi connectivity index (χ3v) is 3.52. The van der Waals surface area contributed by atoms with Gasteiger partial charge in [-0.2, -0.15) is 0 Å². The highest BCUT2D eigenvalue weighted by Crippen LogP contribution is 2.46. The minimum Gasteiger partial charge on any atom is -0.447 e. The van der Waals surface area contributed by atoms with Crippen molar-refractivity contribution in [3.8, 4) is 0 Å². The van der Waals surface area contributed by atoms with Crippen LogP contribution in [-0.2, 0) is 9.53 Å². The van der Waals surface area contributed by atoms with Crippen LogP contribution < -0.4 is 0 Å². The summed E-state index contributed by atoms with van der Waals surface area (Å²) in [6.07, 6.45) is 4.59. The Labute approximate surface area is 64.3 Å². The van der Waals surface area contributed by atoms with Gasteiger partial charge in [0.25, 0.3) is 0 Å². The average Bonchev–Trinajstić information content (AvgIpc) is 2.46. The summed E-state index contributed by atoms with van der Waals surface area (Å²) in [5.41, 5.74) is 0. The highest BCUT2D eigenvalue weighted by atomic mass is 32.2. The van der Waals surface area contributed by atoms with Crippen molar-refractivity contribution in [3.63, 3.8) is 0 Å². The number of hydrogen-bond acceptors (Lipinski definition) is 3. The molecule has 0 bridgehead atoms. The fraction of sp³-hybridized carbons (Fsp3) is 0.857. The minimum atomic E-state index is -0.0723. The Balaban J connectivity index is 2.09. The van der Waals surface area contributed by atoms with Crippen LogP contribution in [0.5, 0.6) is 0 Å². The summed E-state index contributed by atoms with van der Waals surface area (Å²) in [5.74, 6) is 0.548. The summed E-state index contributed by atoms with van der Waals surface area (Å²) in [5, 5.41) is 0. The van der Waals surface area contributed by atoms with Crippen LogP contribution in [0, 0.1) is 0 Å². The standard InChI is InChI=1S/C7H10O2S/c8-6-5-10-7(9-6)3-1-2-4-7/h1-5H2. The van der Waals surface area contributed by atoms with Crippen LogP contribution in [0.4, 0.5) is 0 Å². The predicted molar refractivity (Wildman–Crippen MR) is 39.7 cm³/mol. The summed E-state index contributed by atoms with van der Waals surface area (Å²) >= 11 is 1.69. The zero-order valence-electron chi connectivity index (χ0n) is 5.76. The molecule has 1 spiro atoms. The van der Waals surface area contributed by atoms with Gasteiger partial charge in [-0.1, -0.05) is 0 Å². The van der Waals surface area contributed by atoms with Crippen LogP contribution in [0.1, 0.15) is 25.7 Å². The summed E-state index contributed by atoms with van der Waals surface area (Å²) in [6.45, 7) is 0. The molecule has 1 saturated carbocycles. The first-order valence-electron chi connectivity index (χ1n) is 3.67. The highest BCUT2D eigenvalue weighted by molar-refractivity contribution is 8.01. The van der Waals surface area contributed by atoms with Gasteiger partial charge in [0.1, 0.15) is 0 Å². The zero-order valence-corrected chi connectivity index (χ0v) is 6.58. The van der Waals surface area contributed by atoms with Crippen molar-refractivity contribution < 1.29 is 9.53 Å². The molecule has 0 aromatic carbocycles. The van der Waals surface area contributed by atoms with Crippen LogP contribution in [-0.4, -0.2) is 16.7 Å². The van der Waals surface area contributed by atoms with Crippen molar-refractivity contribution in [2.24, 2.45) is 0 Å². The van der Waals surface area contributed by atoms with E-state index in [1.165, 1.54) is 12.8 Å². The fourth-order valence-electron chi connectivity index (χ4n) is 1.62. The third kappa shape index (κ3) is 0.926. The van der Waals surface area contributed by atoms with Crippen molar-refractivity contribution >= 4 is 17.7 Å². The number of thioether (sulfide) groups is 1. The Morgan fingerprint density at radius 2 is 2.10 bits per heavy atom. The monoisotopic (exact) mass is 158 g/mol. The molecule has 1 heterocycles. The summed E-state index contributed by atoms with van der Waals surface area (Å²) in [6, 6.07) is 0.